The number of rotatable bonds is 7. The molecule has 3 nitrogen and oxygen atoms in total. The summed E-state index contributed by atoms with van der Waals surface area (Å²) in [6, 6.07) is 0. The van der Waals surface area contributed by atoms with Crippen LogP contribution in [0.5, 0.6) is 0 Å². The lowest BCUT2D eigenvalue weighted by Crippen LogP contribution is -2.32. The fourth-order valence-corrected chi connectivity index (χ4v) is 4.13. The number of aliphatic hydroxyl groups excluding tert-OH is 1. The average molecular weight is 320 g/mol. The Bertz CT molecular complexity index is 477. The van der Waals surface area contributed by atoms with Gasteiger partial charge in [0.2, 0.25) is 0 Å². The first-order chi connectivity index (χ1) is 10.8. The fourth-order valence-electron chi connectivity index (χ4n) is 4.13. The summed E-state index contributed by atoms with van der Waals surface area (Å²) in [6.45, 7) is 10.0. The molecule has 0 radical (unpaired) electrons. The lowest BCUT2D eigenvalue weighted by molar-refractivity contribution is -0.118. The van der Waals surface area contributed by atoms with Crippen molar-refractivity contribution in [2.45, 2.75) is 71.0 Å². The second kappa shape index (κ2) is 7.31. The normalized spacial score (nSPS) is 34.8. The standard InChI is InChI=1S/C20H32O3/c1-5-6-8-14(3)20(4,23)10-7-9-15-16-11-13(2)19(22)17(16)12-18(15)21/h7,9,14-18,21,23H,2,5-6,8,10-12H2,1,3-4H3/t14?,15-,16-,17-,18+,20?/m0/s1. The van der Waals surface area contributed by atoms with E-state index in [-0.39, 0.29) is 29.5 Å². The maximum atomic E-state index is 12.0. The third kappa shape index (κ3) is 3.95. The molecule has 0 aliphatic heterocycles. The Hall–Kier alpha value is -0.930. The molecule has 2 unspecified atom stereocenters. The zero-order valence-electron chi connectivity index (χ0n) is 14.8. The van der Waals surface area contributed by atoms with Gasteiger partial charge in [-0.3, -0.25) is 4.79 Å². The van der Waals surface area contributed by atoms with E-state index in [1.165, 1.54) is 0 Å². The summed E-state index contributed by atoms with van der Waals surface area (Å²) < 4.78 is 0. The van der Waals surface area contributed by atoms with Crippen molar-refractivity contribution in [2.24, 2.45) is 23.7 Å². The third-order valence-electron chi connectivity index (χ3n) is 6.06. The van der Waals surface area contributed by atoms with Gasteiger partial charge in [-0.1, -0.05) is 45.4 Å². The molecule has 0 aromatic carbocycles. The Morgan fingerprint density at radius 2 is 2.17 bits per heavy atom. The fraction of sp³-hybridized carbons (Fsp3) is 0.750. The van der Waals surface area contributed by atoms with Gasteiger partial charge < -0.3 is 10.2 Å². The molecular weight excluding hydrogens is 288 g/mol. The predicted molar refractivity (Wildman–Crippen MR) is 92.9 cm³/mol. The lowest BCUT2D eigenvalue weighted by atomic mass is 9.83. The SMILES string of the molecule is C=C1C[C@H]2[C@H](C=CCC(C)(O)C(C)CCCC)[C@H](O)C[C@@H]2C1=O. The minimum atomic E-state index is -0.719. The zero-order valence-corrected chi connectivity index (χ0v) is 14.8. The molecule has 0 heterocycles. The lowest BCUT2D eigenvalue weighted by Gasteiger charge is -2.29. The van der Waals surface area contributed by atoms with Crippen molar-refractivity contribution >= 4 is 5.78 Å². The molecule has 0 bridgehead atoms. The number of unbranched alkanes of at least 4 members (excludes halogenated alkanes) is 1. The van der Waals surface area contributed by atoms with E-state index in [0.717, 1.165) is 19.3 Å². The van der Waals surface area contributed by atoms with E-state index < -0.39 is 11.7 Å². The van der Waals surface area contributed by atoms with Gasteiger partial charge in [-0.15, -0.1) is 0 Å². The van der Waals surface area contributed by atoms with E-state index in [0.29, 0.717) is 24.8 Å². The summed E-state index contributed by atoms with van der Waals surface area (Å²) in [7, 11) is 0. The number of carbonyl (C=O) groups is 1. The largest absolute Gasteiger partial charge is 0.392 e. The van der Waals surface area contributed by atoms with Gasteiger partial charge in [0.05, 0.1) is 11.7 Å². The van der Waals surface area contributed by atoms with E-state index in [1.54, 1.807) is 0 Å². The number of carbonyl (C=O) groups excluding carboxylic acids is 1. The smallest absolute Gasteiger partial charge is 0.161 e. The maximum Gasteiger partial charge on any atom is 0.161 e. The Labute approximate surface area is 140 Å². The molecule has 2 saturated carbocycles. The third-order valence-corrected chi connectivity index (χ3v) is 6.06. The summed E-state index contributed by atoms with van der Waals surface area (Å²) in [4.78, 5) is 12.0. The zero-order chi connectivity index (χ0) is 17.2. The number of fused-ring (bicyclic) bond motifs is 1. The summed E-state index contributed by atoms with van der Waals surface area (Å²) in [5.74, 6) is 0.566. The average Bonchev–Trinajstić information content (AvgIpc) is 2.94. The van der Waals surface area contributed by atoms with Crippen LogP contribution >= 0.6 is 0 Å². The van der Waals surface area contributed by atoms with Crippen molar-refractivity contribution in [2.75, 3.05) is 0 Å². The van der Waals surface area contributed by atoms with Crippen molar-refractivity contribution in [3.63, 3.8) is 0 Å². The van der Waals surface area contributed by atoms with Crippen molar-refractivity contribution < 1.29 is 15.0 Å². The predicted octanol–water partition coefficient (Wildman–Crippen LogP) is 3.65. The Morgan fingerprint density at radius 3 is 2.83 bits per heavy atom. The second-order valence-electron chi connectivity index (χ2n) is 7.86. The molecule has 0 aromatic heterocycles. The molecule has 2 aliphatic rings. The summed E-state index contributed by atoms with van der Waals surface area (Å²) in [5, 5.41) is 20.9. The van der Waals surface area contributed by atoms with Crippen LogP contribution < -0.4 is 0 Å². The second-order valence-corrected chi connectivity index (χ2v) is 7.86. The van der Waals surface area contributed by atoms with Crippen LogP contribution in [0.25, 0.3) is 0 Å². The quantitative estimate of drug-likeness (QED) is 0.556. The van der Waals surface area contributed by atoms with E-state index in [2.05, 4.69) is 20.4 Å². The van der Waals surface area contributed by atoms with E-state index in [1.807, 2.05) is 19.1 Å². The van der Waals surface area contributed by atoms with Gasteiger partial charge in [-0.05, 0) is 50.0 Å². The monoisotopic (exact) mass is 320 g/mol. The van der Waals surface area contributed by atoms with Crippen LogP contribution in [-0.4, -0.2) is 27.7 Å². The van der Waals surface area contributed by atoms with Gasteiger partial charge in [0.15, 0.2) is 5.78 Å². The van der Waals surface area contributed by atoms with Crippen molar-refractivity contribution in [3.8, 4) is 0 Å². The van der Waals surface area contributed by atoms with Crippen molar-refractivity contribution in [3.05, 3.63) is 24.3 Å². The highest BCUT2D eigenvalue weighted by Gasteiger charge is 2.49. The van der Waals surface area contributed by atoms with E-state index in [4.69, 9.17) is 0 Å². The van der Waals surface area contributed by atoms with Crippen LogP contribution in [0, 0.1) is 23.7 Å². The van der Waals surface area contributed by atoms with Crippen molar-refractivity contribution in [1.29, 1.82) is 0 Å². The van der Waals surface area contributed by atoms with Gasteiger partial charge in [0.25, 0.3) is 0 Å². The number of hydrogen-bond donors (Lipinski definition) is 2. The number of allylic oxidation sites excluding steroid dienone is 1. The molecule has 0 spiro atoms. The van der Waals surface area contributed by atoms with Gasteiger partial charge in [0, 0.05) is 11.8 Å². The van der Waals surface area contributed by atoms with Gasteiger partial charge in [-0.25, -0.2) is 0 Å². The topological polar surface area (TPSA) is 57.5 Å². The number of ketones is 1. The minimum absolute atomic E-state index is 0.0185. The van der Waals surface area contributed by atoms with Gasteiger partial charge in [-0.2, -0.15) is 0 Å². The molecule has 130 valence electrons. The molecule has 23 heavy (non-hydrogen) atoms. The van der Waals surface area contributed by atoms with Gasteiger partial charge >= 0.3 is 0 Å². The number of aliphatic hydroxyl groups is 2. The number of hydrogen-bond acceptors (Lipinski definition) is 3. The molecule has 2 rings (SSSR count). The minimum Gasteiger partial charge on any atom is -0.392 e. The molecule has 6 atom stereocenters. The van der Waals surface area contributed by atoms with Crippen LogP contribution in [0.1, 0.15) is 59.3 Å². The molecule has 2 fully saturated rings. The molecular formula is C20H32O3. The molecule has 3 heteroatoms. The van der Waals surface area contributed by atoms with E-state index >= 15 is 0 Å². The van der Waals surface area contributed by atoms with Crippen LogP contribution in [0.3, 0.4) is 0 Å². The van der Waals surface area contributed by atoms with Crippen LogP contribution in [-0.2, 0) is 4.79 Å². The first-order valence-electron chi connectivity index (χ1n) is 9.07. The van der Waals surface area contributed by atoms with Crippen LogP contribution in [0.2, 0.25) is 0 Å². The molecule has 0 saturated heterocycles. The van der Waals surface area contributed by atoms with Crippen LogP contribution in [0.4, 0.5) is 0 Å². The van der Waals surface area contributed by atoms with Crippen LogP contribution in [0.15, 0.2) is 24.3 Å². The summed E-state index contributed by atoms with van der Waals surface area (Å²) in [6.07, 6.45) is 8.75. The summed E-state index contributed by atoms with van der Waals surface area (Å²) in [5.41, 5.74) is -0.00512. The first-order valence-corrected chi connectivity index (χ1v) is 9.07. The summed E-state index contributed by atoms with van der Waals surface area (Å²) >= 11 is 0. The highest BCUT2D eigenvalue weighted by molar-refractivity contribution is 5.99. The molecule has 0 aromatic rings. The molecule has 2 aliphatic carbocycles. The number of Topliss-reactive ketones (excluding diaryl/α,β-unsaturated/α-hetero) is 1. The molecule has 2 N–H and O–H groups in total. The molecule has 0 amide bonds. The first kappa shape index (κ1) is 18.4. The van der Waals surface area contributed by atoms with Gasteiger partial charge in [0.1, 0.15) is 0 Å². The Morgan fingerprint density at radius 1 is 1.48 bits per heavy atom. The maximum absolute atomic E-state index is 12.0. The van der Waals surface area contributed by atoms with E-state index in [9.17, 15) is 15.0 Å². The highest BCUT2D eigenvalue weighted by Crippen LogP contribution is 2.48. The Kier molecular flexibility index (Phi) is 5.85. The van der Waals surface area contributed by atoms with Crippen molar-refractivity contribution in [1.82, 2.24) is 0 Å². The highest BCUT2D eigenvalue weighted by atomic mass is 16.3. The Balaban J connectivity index is 1.94.